The van der Waals surface area contributed by atoms with Gasteiger partial charge in [-0.2, -0.15) is 0 Å². The van der Waals surface area contributed by atoms with Crippen molar-refractivity contribution in [2.24, 2.45) is 10.9 Å². The molecule has 0 amide bonds. The molecule has 0 aromatic rings. The van der Waals surface area contributed by atoms with E-state index in [4.69, 9.17) is 10.9 Å². The van der Waals surface area contributed by atoms with E-state index in [2.05, 4.69) is 0 Å². The van der Waals surface area contributed by atoms with E-state index in [1.165, 1.54) is 6.08 Å². The first-order valence-electron chi connectivity index (χ1n) is 4.33. The van der Waals surface area contributed by atoms with Gasteiger partial charge in [-0.25, -0.2) is 22.0 Å². The molecule has 0 aromatic carbocycles. The number of sulfone groups is 1. The molecule has 6 nitrogen and oxygen atoms in total. The second-order valence-corrected chi connectivity index (χ2v) is 8.99. The highest BCUT2D eigenvalue weighted by Crippen LogP contribution is 2.44. The van der Waals surface area contributed by atoms with Crippen molar-refractivity contribution in [1.82, 2.24) is 0 Å². The highest BCUT2D eigenvalue weighted by atomic mass is 35.5. The van der Waals surface area contributed by atoms with Crippen molar-refractivity contribution in [2.75, 3.05) is 5.75 Å². The number of halogens is 1. The Balaban J connectivity index is 0.00000144. The quantitative estimate of drug-likeness (QED) is 0.681. The number of primary sulfonamides is 1. The molecule has 98 valence electrons. The largest absolute Gasteiger partial charge is 0.402 e. The Hall–Kier alpha value is -0.220. The summed E-state index contributed by atoms with van der Waals surface area (Å²) >= 11 is 0.735. The van der Waals surface area contributed by atoms with Gasteiger partial charge < -0.3 is 5.73 Å². The number of rotatable bonds is 1. The maximum absolute atomic E-state index is 11.7. The lowest BCUT2D eigenvalue weighted by Gasteiger charge is -2.20. The topological polar surface area (TPSA) is 120 Å². The average molecular weight is 319 g/mol. The molecule has 1 atom stereocenters. The molecule has 0 saturated carbocycles. The summed E-state index contributed by atoms with van der Waals surface area (Å²) in [5.74, 6) is -0.0499. The van der Waals surface area contributed by atoms with Crippen LogP contribution < -0.4 is 10.9 Å². The molecule has 2 aliphatic rings. The van der Waals surface area contributed by atoms with Crippen molar-refractivity contribution < 1.29 is 16.8 Å². The summed E-state index contributed by atoms with van der Waals surface area (Å²) in [6, 6.07) is 0. The molecule has 1 unspecified atom stereocenters. The average Bonchev–Trinajstić information content (AvgIpc) is 2.57. The van der Waals surface area contributed by atoms with Gasteiger partial charge in [0, 0.05) is 17.7 Å². The van der Waals surface area contributed by atoms with Crippen molar-refractivity contribution >= 4 is 44.0 Å². The Kier molecular flexibility index (Phi) is 3.90. The van der Waals surface area contributed by atoms with Crippen molar-refractivity contribution in [3.63, 3.8) is 0 Å². The van der Waals surface area contributed by atoms with Crippen LogP contribution in [0.2, 0.25) is 0 Å². The number of nitrogens with two attached hydrogens (primary N) is 2. The van der Waals surface area contributed by atoms with Crippen LogP contribution in [0.3, 0.4) is 0 Å². The van der Waals surface area contributed by atoms with Crippen molar-refractivity contribution in [1.29, 1.82) is 0 Å². The molecular weight excluding hydrogens is 308 g/mol. The first-order chi connectivity index (χ1) is 7.22. The summed E-state index contributed by atoms with van der Waals surface area (Å²) in [6.07, 6.45) is 1.50. The molecule has 0 radical (unpaired) electrons. The fraction of sp³-hybridized carbons (Fsp3) is 0.429. The predicted octanol–water partition coefficient (Wildman–Crippen LogP) is -0.358. The van der Waals surface area contributed by atoms with E-state index in [-0.39, 0.29) is 28.8 Å². The van der Waals surface area contributed by atoms with Crippen LogP contribution in [0.25, 0.3) is 0 Å². The van der Waals surface area contributed by atoms with Gasteiger partial charge in [-0.15, -0.1) is 12.4 Å². The molecule has 0 saturated heterocycles. The molecule has 0 aromatic heterocycles. The van der Waals surface area contributed by atoms with Gasteiger partial charge in [0.15, 0.2) is 9.84 Å². The number of sulfonamides is 1. The maximum atomic E-state index is 11.7. The minimum Gasteiger partial charge on any atom is -0.402 e. The van der Waals surface area contributed by atoms with E-state index >= 15 is 0 Å². The van der Waals surface area contributed by atoms with Crippen molar-refractivity contribution in [3.8, 4) is 0 Å². The normalized spacial score (nSPS) is 27.1. The molecular formula is C7H11ClN2O4S3. The Morgan fingerprint density at radius 1 is 1.41 bits per heavy atom. The molecule has 0 aliphatic carbocycles. The van der Waals surface area contributed by atoms with E-state index in [0.29, 0.717) is 11.3 Å². The summed E-state index contributed by atoms with van der Waals surface area (Å²) in [5.41, 5.74) is 6.45. The van der Waals surface area contributed by atoms with E-state index < -0.39 is 24.4 Å². The van der Waals surface area contributed by atoms with Gasteiger partial charge >= 0.3 is 0 Å². The zero-order valence-corrected chi connectivity index (χ0v) is 11.8. The zero-order chi connectivity index (χ0) is 12.1. The van der Waals surface area contributed by atoms with Crippen molar-refractivity contribution in [3.05, 3.63) is 21.6 Å². The third kappa shape index (κ3) is 2.63. The Labute approximate surface area is 110 Å². The molecule has 17 heavy (non-hydrogen) atoms. The monoisotopic (exact) mass is 318 g/mol. The van der Waals surface area contributed by atoms with Gasteiger partial charge in [0.05, 0.1) is 5.75 Å². The highest BCUT2D eigenvalue weighted by molar-refractivity contribution is 8.24. The maximum Gasteiger partial charge on any atom is 0.244 e. The molecule has 2 aliphatic heterocycles. The predicted molar refractivity (Wildman–Crippen MR) is 69.4 cm³/mol. The second-order valence-electron chi connectivity index (χ2n) is 3.56. The van der Waals surface area contributed by atoms with Crippen molar-refractivity contribution in [2.45, 2.75) is 11.0 Å². The van der Waals surface area contributed by atoms with E-state index in [1.807, 2.05) is 0 Å². The summed E-state index contributed by atoms with van der Waals surface area (Å²) in [4.78, 5) is 0. The molecule has 10 heteroatoms. The minimum absolute atomic E-state index is 0. The number of thioether (sulfide) groups is 1. The number of fused-ring (bicyclic) bond motifs is 1. The van der Waals surface area contributed by atoms with Crippen LogP contribution in [0, 0.1) is 0 Å². The fourth-order valence-electron chi connectivity index (χ4n) is 1.56. The molecule has 2 rings (SSSR count). The third-order valence-electron chi connectivity index (χ3n) is 2.38. The van der Waals surface area contributed by atoms with Crippen LogP contribution in [0.1, 0.15) is 6.42 Å². The Morgan fingerprint density at radius 3 is 2.47 bits per heavy atom. The van der Waals surface area contributed by atoms with Gasteiger partial charge in [-0.3, -0.25) is 0 Å². The summed E-state index contributed by atoms with van der Waals surface area (Å²) < 4.78 is 44.6. The SMILES string of the molecule is Cl.NC1=C2C=C(S(N)(=O)=O)SC2S(=O)(=O)CC1. The van der Waals surface area contributed by atoms with Gasteiger partial charge in [0.1, 0.15) is 8.82 Å². The first kappa shape index (κ1) is 14.8. The lowest BCUT2D eigenvalue weighted by Crippen LogP contribution is -2.28. The first-order valence-corrected chi connectivity index (χ1v) is 8.47. The lowest BCUT2D eigenvalue weighted by atomic mass is 10.2. The van der Waals surface area contributed by atoms with Crippen LogP contribution in [0.4, 0.5) is 0 Å². The molecule has 4 N–H and O–H groups in total. The number of hydrogen-bond donors (Lipinski definition) is 2. The van der Waals surface area contributed by atoms with Gasteiger partial charge in [-0.1, -0.05) is 11.8 Å². The molecule has 2 heterocycles. The Morgan fingerprint density at radius 2 is 2.00 bits per heavy atom. The van der Waals surface area contributed by atoms with Crippen LogP contribution >= 0.6 is 24.2 Å². The molecule has 0 spiro atoms. The number of allylic oxidation sites excluding steroid dienone is 2. The molecule has 0 fully saturated rings. The lowest BCUT2D eigenvalue weighted by molar-refractivity contribution is 0.592. The van der Waals surface area contributed by atoms with E-state index in [0.717, 1.165) is 11.8 Å². The number of hydrogen-bond acceptors (Lipinski definition) is 6. The van der Waals surface area contributed by atoms with Crippen LogP contribution in [0.5, 0.6) is 0 Å². The summed E-state index contributed by atoms with van der Waals surface area (Å²) in [5, 5.41) is 4.95. The Bertz CT molecular complexity index is 605. The van der Waals surface area contributed by atoms with Crippen LogP contribution in [-0.2, 0) is 19.9 Å². The smallest absolute Gasteiger partial charge is 0.244 e. The van der Waals surface area contributed by atoms with Gasteiger partial charge in [0.2, 0.25) is 10.0 Å². The standard InChI is InChI=1S/C7H10N2O4S3.ClH/c8-5-1-2-15(10,11)7-4(5)3-6(14-7)16(9,12)13;/h3,7H,1-2,8H2,(H2,9,12,13);1H. The van der Waals surface area contributed by atoms with Crippen LogP contribution in [0.15, 0.2) is 21.6 Å². The van der Waals surface area contributed by atoms with Gasteiger partial charge in [-0.05, 0) is 6.08 Å². The van der Waals surface area contributed by atoms with Crippen LogP contribution in [-0.4, -0.2) is 27.2 Å². The minimum atomic E-state index is -3.86. The second kappa shape index (κ2) is 4.47. The van der Waals surface area contributed by atoms with E-state index in [9.17, 15) is 16.8 Å². The molecule has 0 bridgehead atoms. The van der Waals surface area contributed by atoms with E-state index in [1.54, 1.807) is 0 Å². The summed E-state index contributed by atoms with van der Waals surface area (Å²) in [6.45, 7) is 0. The zero-order valence-electron chi connectivity index (χ0n) is 8.49. The third-order valence-corrected chi connectivity index (χ3v) is 7.71. The van der Waals surface area contributed by atoms with Gasteiger partial charge in [0.25, 0.3) is 0 Å². The highest BCUT2D eigenvalue weighted by Gasteiger charge is 2.41. The summed E-state index contributed by atoms with van der Waals surface area (Å²) in [7, 11) is -7.20. The fourth-order valence-corrected chi connectivity index (χ4v) is 6.12.